The SMILES string of the molecule is CCNC(=O)CCNc1cc(F)ncn1. The Labute approximate surface area is 87.1 Å². The average Bonchev–Trinajstić information content (AvgIpc) is 2.18. The molecule has 15 heavy (non-hydrogen) atoms. The van der Waals surface area contributed by atoms with E-state index >= 15 is 0 Å². The van der Waals surface area contributed by atoms with E-state index in [1.165, 1.54) is 6.07 Å². The van der Waals surface area contributed by atoms with Gasteiger partial charge < -0.3 is 10.6 Å². The second-order valence-electron chi connectivity index (χ2n) is 2.86. The molecule has 82 valence electrons. The molecule has 5 nitrogen and oxygen atoms in total. The van der Waals surface area contributed by atoms with Crippen molar-refractivity contribution in [3.8, 4) is 0 Å². The molecule has 6 heteroatoms. The smallest absolute Gasteiger partial charge is 0.221 e. The first kappa shape index (κ1) is 11.4. The zero-order valence-electron chi connectivity index (χ0n) is 8.46. The third kappa shape index (κ3) is 4.35. The highest BCUT2D eigenvalue weighted by atomic mass is 19.1. The van der Waals surface area contributed by atoms with Crippen molar-refractivity contribution in [2.45, 2.75) is 13.3 Å². The van der Waals surface area contributed by atoms with E-state index in [-0.39, 0.29) is 5.91 Å². The van der Waals surface area contributed by atoms with Crippen LogP contribution in [0.3, 0.4) is 0 Å². The molecule has 0 radical (unpaired) electrons. The number of amides is 1. The predicted molar refractivity (Wildman–Crippen MR) is 53.8 cm³/mol. The van der Waals surface area contributed by atoms with Gasteiger partial charge in [-0.2, -0.15) is 4.39 Å². The molecule has 0 aromatic carbocycles. The van der Waals surface area contributed by atoms with Gasteiger partial charge in [-0.05, 0) is 6.92 Å². The molecule has 0 aliphatic heterocycles. The van der Waals surface area contributed by atoms with Gasteiger partial charge in [0.15, 0.2) is 0 Å². The number of carbonyl (C=O) groups is 1. The molecule has 0 bridgehead atoms. The summed E-state index contributed by atoms with van der Waals surface area (Å²) in [5.41, 5.74) is 0. The quantitative estimate of drug-likeness (QED) is 0.700. The van der Waals surface area contributed by atoms with Crippen molar-refractivity contribution in [2.24, 2.45) is 0 Å². The van der Waals surface area contributed by atoms with Crippen LogP contribution in [0.15, 0.2) is 12.4 Å². The van der Waals surface area contributed by atoms with Gasteiger partial charge in [-0.3, -0.25) is 4.79 Å². The van der Waals surface area contributed by atoms with Crippen LogP contribution in [0.5, 0.6) is 0 Å². The van der Waals surface area contributed by atoms with Crippen LogP contribution in [0.2, 0.25) is 0 Å². The molecule has 1 aromatic rings. The molecule has 1 amide bonds. The first-order valence-electron chi connectivity index (χ1n) is 4.70. The number of aromatic nitrogens is 2. The van der Waals surface area contributed by atoms with Crippen molar-refractivity contribution >= 4 is 11.7 Å². The second kappa shape index (κ2) is 5.90. The standard InChI is InChI=1S/C9H13FN4O/c1-2-11-9(15)3-4-12-8-5-7(10)13-6-14-8/h5-6H,2-4H2,1H3,(H,11,15)(H,12,13,14). The maximum atomic E-state index is 12.6. The van der Waals surface area contributed by atoms with E-state index < -0.39 is 5.95 Å². The van der Waals surface area contributed by atoms with E-state index in [0.29, 0.717) is 25.3 Å². The van der Waals surface area contributed by atoms with Gasteiger partial charge >= 0.3 is 0 Å². The summed E-state index contributed by atoms with van der Waals surface area (Å²) in [7, 11) is 0. The summed E-state index contributed by atoms with van der Waals surface area (Å²) in [6, 6.07) is 1.18. The molecule has 0 unspecified atom stereocenters. The van der Waals surface area contributed by atoms with E-state index in [4.69, 9.17) is 0 Å². The predicted octanol–water partition coefficient (Wildman–Crippen LogP) is 0.554. The lowest BCUT2D eigenvalue weighted by atomic mass is 10.4. The van der Waals surface area contributed by atoms with E-state index in [1.807, 2.05) is 6.92 Å². The normalized spacial score (nSPS) is 9.73. The van der Waals surface area contributed by atoms with E-state index in [1.54, 1.807) is 0 Å². The third-order valence-electron chi connectivity index (χ3n) is 1.67. The second-order valence-corrected chi connectivity index (χ2v) is 2.86. The lowest BCUT2D eigenvalue weighted by Gasteiger charge is -2.04. The lowest BCUT2D eigenvalue weighted by Crippen LogP contribution is -2.24. The highest BCUT2D eigenvalue weighted by Gasteiger charge is 2.00. The molecule has 0 fully saturated rings. The number of hydrogen-bond acceptors (Lipinski definition) is 4. The first-order chi connectivity index (χ1) is 7.22. The van der Waals surface area contributed by atoms with E-state index in [2.05, 4.69) is 20.6 Å². The molecule has 1 heterocycles. The van der Waals surface area contributed by atoms with Crippen LogP contribution in [-0.2, 0) is 4.79 Å². The summed E-state index contributed by atoms with van der Waals surface area (Å²) in [4.78, 5) is 18.1. The van der Waals surface area contributed by atoms with Crippen molar-refractivity contribution in [1.82, 2.24) is 15.3 Å². The topological polar surface area (TPSA) is 66.9 Å². The molecule has 0 saturated carbocycles. The third-order valence-corrected chi connectivity index (χ3v) is 1.67. The number of halogens is 1. The van der Waals surface area contributed by atoms with Crippen molar-refractivity contribution in [2.75, 3.05) is 18.4 Å². The molecule has 1 aromatic heterocycles. The van der Waals surface area contributed by atoms with Gasteiger partial charge in [-0.25, -0.2) is 9.97 Å². The van der Waals surface area contributed by atoms with Crippen LogP contribution in [-0.4, -0.2) is 29.0 Å². The molecule has 2 N–H and O–H groups in total. The minimum Gasteiger partial charge on any atom is -0.369 e. The Morgan fingerprint density at radius 2 is 2.33 bits per heavy atom. The summed E-state index contributed by atoms with van der Waals surface area (Å²) in [5, 5.41) is 5.48. The van der Waals surface area contributed by atoms with Crippen molar-refractivity contribution in [3.63, 3.8) is 0 Å². The summed E-state index contributed by atoms with van der Waals surface area (Å²) >= 11 is 0. The molecular weight excluding hydrogens is 199 g/mol. The van der Waals surface area contributed by atoms with Crippen LogP contribution in [0.4, 0.5) is 10.2 Å². The minimum absolute atomic E-state index is 0.0421. The number of carbonyl (C=O) groups excluding carboxylic acids is 1. The Balaban J connectivity index is 2.28. The van der Waals surface area contributed by atoms with Crippen LogP contribution in [0.25, 0.3) is 0 Å². The Morgan fingerprint density at radius 1 is 1.53 bits per heavy atom. The maximum Gasteiger partial charge on any atom is 0.221 e. The Bertz CT molecular complexity index is 332. The lowest BCUT2D eigenvalue weighted by molar-refractivity contribution is -0.120. The van der Waals surface area contributed by atoms with Crippen LogP contribution >= 0.6 is 0 Å². The van der Waals surface area contributed by atoms with Crippen molar-refractivity contribution in [1.29, 1.82) is 0 Å². The van der Waals surface area contributed by atoms with Gasteiger partial charge in [0, 0.05) is 25.6 Å². The Kier molecular flexibility index (Phi) is 4.46. The number of rotatable bonds is 5. The number of nitrogens with zero attached hydrogens (tertiary/aromatic N) is 2. The number of anilines is 1. The first-order valence-corrected chi connectivity index (χ1v) is 4.70. The fourth-order valence-corrected chi connectivity index (χ4v) is 1.02. The summed E-state index contributed by atoms with van der Waals surface area (Å²) in [5.74, 6) is -0.253. The van der Waals surface area contributed by atoms with Gasteiger partial charge in [0.1, 0.15) is 12.1 Å². The van der Waals surface area contributed by atoms with Crippen LogP contribution in [0.1, 0.15) is 13.3 Å². The fourth-order valence-electron chi connectivity index (χ4n) is 1.02. The van der Waals surface area contributed by atoms with Crippen molar-refractivity contribution < 1.29 is 9.18 Å². The van der Waals surface area contributed by atoms with Crippen LogP contribution < -0.4 is 10.6 Å². The Morgan fingerprint density at radius 3 is 3.00 bits per heavy atom. The van der Waals surface area contributed by atoms with Gasteiger partial charge in [0.2, 0.25) is 11.9 Å². The van der Waals surface area contributed by atoms with E-state index in [9.17, 15) is 9.18 Å². The fraction of sp³-hybridized carbons (Fsp3) is 0.444. The largest absolute Gasteiger partial charge is 0.369 e. The van der Waals surface area contributed by atoms with E-state index in [0.717, 1.165) is 6.33 Å². The monoisotopic (exact) mass is 212 g/mol. The number of hydrogen-bond donors (Lipinski definition) is 2. The molecule has 0 saturated heterocycles. The molecule has 0 atom stereocenters. The maximum absolute atomic E-state index is 12.6. The van der Waals surface area contributed by atoms with Crippen LogP contribution in [0, 0.1) is 5.95 Å². The zero-order valence-corrected chi connectivity index (χ0v) is 8.46. The summed E-state index contributed by atoms with van der Waals surface area (Å²) in [6.07, 6.45) is 1.46. The van der Waals surface area contributed by atoms with Gasteiger partial charge in [-0.1, -0.05) is 0 Å². The minimum atomic E-state index is -0.592. The average molecular weight is 212 g/mol. The summed E-state index contributed by atoms with van der Waals surface area (Å²) < 4.78 is 12.6. The van der Waals surface area contributed by atoms with Gasteiger partial charge in [0.05, 0.1) is 0 Å². The van der Waals surface area contributed by atoms with Gasteiger partial charge in [-0.15, -0.1) is 0 Å². The molecule has 1 rings (SSSR count). The molecule has 0 spiro atoms. The molecule has 0 aliphatic rings. The Hall–Kier alpha value is -1.72. The molecular formula is C9H13FN4O. The zero-order chi connectivity index (χ0) is 11.1. The van der Waals surface area contributed by atoms with Crippen molar-refractivity contribution in [3.05, 3.63) is 18.3 Å². The van der Waals surface area contributed by atoms with Gasteiger partial charge in [0.25, 0.3) is 0 Å². The molecule has 0 aliphatic carbocycles. The number of nitrogens with one attached hydrogen (secondary N) is 2. The highest BCUT2D eigenvalue weighted by Crippen LogP contribution is 2.01. The highest BCUT2D eigenvalue weighted by molar-refractivity contribution is 5.76. The summed E-state index contributed by atoms with van der Waals surface area (Å²) in [6.45, 7) is 2.88.